The Balaban J connectivity index is 0.000000454. The van der Waals surface area contributed by atoms with Gasteiger partial charge < -0.3 is 20.1 Å². The molecule has 1 aromatic heterocycles. The molecular weight excluding hydrogens is 499 g/mol. The Bertz CT molecular complexity index is 1250. The van der Waals surface area contributed by atoms with Crippen molar-refractivity contribution in [2.24, 2.45) is 0 Å². The number of carbonyl (C=O) groups excluding carboxylic acids is 1. The van der Waals surface area contributed by atoms with Gasteiger partial charge in [0.15, 0.2) is 6.10 Å². The van der Waals surface area contributed by atoms with Gasteiger partial charge in [0.2, 0.25) is 0 Å². The molecule has 2 N–H and O–H groups in total. The minimum atomic E-state index is -3.58. The number of carboxylic acids is 1. The number of amides is 1. The molecule has 36 heavy (non-hydrogen) atoms. The largest absolute Gasteiger partial charge is 0.481 e. The van der Waals surface area contributed by atoms with Gasteiger partial charge in [0.25, 0.3) is 5.91 Å². The lowest BCUT2D eigenvalue weighted by Gasteiger charge is -2.29. The normalized spacial score (nSPS) is 14.6. The molecule has 1 aliphatic rings. The van der Waals surface area contributed by atoms with Gasteiger partial charge in [-0.25, -0.2) is 9.18 Å². The highest BCUT2D eigenvalue weighted by atomic mass is 35.5. The van der Waals surface area contributed by atoms with Crippen molar-refractivity contribution in [1.29, 1.82) is 0 Å². The van der Waals surface area contributed by atoms with E-state index in [1.54, 1.807) is 25.3 Å². The van der Waals surface area contributed by atoms with E-state index in [9.17, 15) is 22.8 Å². The molecule has 1 atom stereocenters. The second-order valence-electron chi connectivity index (χ2n) is 8.19. The number of pyridine rings is 1. The number of halogens is 4. The molecule has 4 rings (SSSR count). The molecule has 0 spiro atoms. The average molecular weight is 524 g/mol. The fraction of sp³-hybridized carbons (Fsp3) is 0.320. The second kappa shape index (κ2) is 11.6. The van der Waals surface area contributed by atoms with Crippen molar-refractivity contribution >= 4 is 34.4 Å². The number of fused-ring (bicyclic) bond motifs is 1. The Hall–Kier alpha value is -3.37. The Labute approximate surface area is 210 Å². The van der Waals surface area contributed by atoms with Gasteiger partial charge in [0.05, 0.1) is 10.5 Å². The van der Waals surface area contributed by atoms with Gasteiger partial charge >= 0.3 is 11.9 Å². The Morgan fingerprint density at radius 2 is 1.81 bits per heavy atom. The molecule has 192 valence electrons. The summed E-state index contributed by atoms with van der Waals surface area (Å²) >= 11 is 6.24. The van der Waals surface area contributed by atoms with Gasteiger partial charge in [-0.3, -0.25) is 9.78 Å². The fourth-order valence-corrected chi connectivity index (χ4v) is 3.81. The van der Waals surface area contributed by atoms with Crippen LogP contribution in [-0.2, 0) is 9.59 Å². The molecule has 2 heterocycles. The summed E-state index contributed by atoms with van der Waals surface area (Å²) in [7, 11) is 0. The summed E-state index contributed by atoms with van der Waals surface area (Å²) in [5.74, 6) is -5.50. The smallest absolute Gasteiger partial charge is 0.374 e. The molecule has 0 bridgehead atoms. The number of nitrogens with one attached hydrogen (secondary N) is 1. The van der Waals surface area contributed by atoms with Gasteiger partial charge in [0.1, 0.15) is 11.6 Å². The van der Waals surface area contributed by atoms with Gasteiger partial charge in [-0.2, -0.15) is 8.78 Å². The average Bonchev–Trinajstić information content (AvgIpc) is 2.83. The second-order valence-corrected chi connectivity index (χ2v) is 8.60. The van der Waals surface area contributed by atoms with E-state index in [4.69, 9.17) is 21.4 Å². The lowest BCUT2D eigenvalue weighted by atomic mass is 10.0. The minimum Gasteiger partial charge on any atom is -0.481 e. The first-order valence-corrected chi connectivity index (χ1v) is 11.5. The monoisotopic (exact) mass is 523 g/mol. The quantitative estimate of drug-likeness (QED) is 0.507. The van der Waals surface area contributed by atoms with E-state index in [1.807, 2.05) is 23.1 Å². The number of piperazine rings is 1. The van der Waals surface area contributed by atoms with Crippen LogP contribution in [0.4, 0.5) is 13.2 Å². The minimum absolute atomic E-state index is 0.0219. The van der Waals surface area contributed by atoms with E-state index < -0.39 is 18.0 Å². The molecule has 1 fully saturated rings. The molecule has 1 saturated heterocycles. The third-order valence-electron chi connectivity index (χ3n) is 5.40. The zero-order valence-electron chi connectivity index (χ0n) is 19.6. The van der Waals surface area contributed by atoms with E-state index in [0.29, 0.717) is 36.3 Å². The maximum absolute atomic E-state index is 13.4. The number of aliphatic carboxylic acids is 1. The van der Waals surface area contributed by atoms with Crippen LogP contribution < -0.4 is 10.1 Å². The summed E-state index contributed by atoms with van der Waals surface area (Å²) in [6.45, 7) is 5.06. The van der Waals surface area contributed by atoms with Crippen molar-refractivity contribution in [1.82, 2.24) is 15.2 Å². The van der Waals surface area contributed by atoms with E-state index >= 15 is 0 Å². The number of alkyl halides is 2. The number of rotatable bonds is 5. The summed E-state index contributed by atoms with van der Waals surface area (Å²) in [5, 5.41) is 11.9. The first-order chi connectivity index (χ1) is 17.0. The number of ether oxygens (including phenoxy) is 1. The Morgan fingerprint density at radius 1 is 1.14 bits per heavy atom. The van der Waals surface area contributed by atoms with Crippen molar-refractivity contribution in [2.75, 3.05) is 26.2 Å². The predicted molar refractivity (Wildman–Crippen MR) is 130 cm³/mol. The van der Waals surface area contributed by atoms with Crippen LogP contribution >= 0.6 is 11.6 Å². The standard InChI is InChI=1S/C22H21ClFN3O2.C3H4F2O2/c1-14(22(28)27-10-8-25-9-11-27)29-16-3-5-19-17(6-7-26-21(19)13-16)18-4-2-15(24)12-20(18)23;1-3(4,5)2(6)7/h2-7,12-14,25H,8-11H2,1H3;1H3,(H,6,7). The third kappa shape index (κ3) is 6.86. The molecule has 0 saturated carbocycles. The van der Waals surface area contributed by atoms with Crippen molar-refractivity contribution in [3.63, 3.8) is 0 Å². The number of nitrogens with zero attached hydrogens (tertiary/aromatic N) is 2. The summed E-state index contributed by atoms with van der Waals surface area (Å²) in [6, 6.07) is 11.7. The van der Waals surface area contributed by atoms with Gasteiger partial charge in [0, 0.05) is 56.3 Å². The number of carbonyl (C=O) groups is 2. The number of carboxylic acid groups (broad SMARTS) is 1. The van der Waals surface area contributed by atoms with Crippen molar-refractivity contribution in [3.8, 4) is 16.9 Å². The van der Waals surface area contributed by atoms with Gasteiger partial charge in [-0.05, 0) is 48.9 Å². The lowest BCUT2D eigenvalue weighted by Crippen LogP contribution is -2.50. The van der Waals surface area contributed by atoms with Crippen molar-refractivity contribution in [2.45, 2.75) is 25.9 Å². The molecule has 11 heteroatoms. The van der Waals surface area contributed by atoms with Gasteiger partial charge in [-0.1, -0.05) is 11.6 Å². The summed E-state index contributed by atoms with van der Waals surface area (Å²) < 4.78 is 41.8. The number of benzene rings is 2. The van der Waals surface area contributed by atoms with E-state index in [2.05, 4.69) is 10.3 Å². The van der Waals surface area contributed by atoms with Crippen LogP contribution in [0.25, 0.3) is 22.0 Å². The highest BCUT2D eigenvalue weighted by molar-refractivity contribution is 6.33. The summed E-state index contributed by atoms with van der Waals surface area (Å²) in [4.78, 5) is 28.1. The van der Waals surface area contributed by atoms with Crippen LogP contribution in [-0.4, -0.2) is 65.1 Å². The predicted octanol–water partition coefficient (Wildman–Crippen LogP) is 4.62. The van der Waals surface area contributed by atoms with Crippen LogP contribution in [0, 0.1) is 5.82 Å². The van der Waals surface area contributed by atoms with Crippen LogP contribution in [0.5, 0.6) is 5.75 Å². The number of hydrogen-bond acceptors (Lipinski definition) is 5. The zero-order chi connectivity index (χ0) is 26.5. The Kier molecular flexibility index (Phi) is 8.75. The summed E-state index contributed by atoms with van der Waals surface area (Å²) in [6.07, 6.45) is 1.09. The maximum Gasteiger partial charge on any atom is 0.374 e. The van der Waals surface area contributed by atoms with Crippen LogP contribution in [0.1, 0.15) is 13.8 Å². The fourth-order valence-electron chi connectivity index (χ4n) is 3.54. The van der Waals surface area contributed by atoms with E-state index in [-0.39, 0.29) is 11.7 Å². The van der Waals surface area contributed by atoms with Crippen molar-refractivity contribution in [3.05, 3.63) is 59.5 Å². The Morgan fingerprint density at radius 3 is 2.42 bits per heavy atom. The zero-order valence-corrected chi connectivity index (χ0v) is 20.4. The van der Waals surface area contributed by atoms with Crippen LogP contribution in [0.15, 0.2) is 48.7 Å². The molecule has 1 aliphatic heterocycles. The SMILES string of the molecule is CC(F)(F)C(=O)O.CC(Oc1ccc2c(-c3ccc(F)cc3Cl)ccnc2c1)C(=O)N1CCNCC1. The third-order valence-corrected chi connectivity index (χ3v) is 5.71. The molecule has 0 radical (unpaired) electrons. The molecule has 1 amide bonds. The molecule has 0 aliphatic carbocycles. The lowest BCUT2D eigenvalue weighted by molar-refractivity contribution is -0.161. The van der Waals surface area contributed by atoms with E-state index in [0.717, 1.165) is 29.6 Å². The maximum atomic E-state index is 13.4. The first-order valence-electron chi connectivity index (χ1n) is 11.1. The molecule has 3 aromatic rings. The molecule has 2 aromatic carbocycles. The van der Waals surface area contributed by atoms with Crippen molar-refractivity contribution < 1.29 is 32.6 Å². The van der Waals surface area contributed by atoms with Crippen LogP contribution in [0.2, 0.25) is 5.02 Å². The number of hydrogen-bond donors (Lipinski definition) is 2. The molecular formula is C25H25ClF3N3O4. The number of aromatic nitrogens is 1. The highest BCUT2D eigenvalue weighted by Gasteiger charge is 2.31. The topological polar surface area (TPSA) is 91.8 Å². The van der Waals surface area contributed by atoms with Crippen LogP contribution in [0.3, 0.4) is 0 Å². The first kappa shape index (κ1) is 27.2. The summed E-state index contributed by atoms with van der Waals surface area (Å²) in [5.41, 5.74) is 2.30. The molecule has 7 nitrogen and oxygen atoms in total. The highest BCUT2D eigenvalue weighted by Crippen LogP contribution is 2.34. The van der Waals surface area contributed by atoms with Gasteiger partial charge in [-0.15, -0.1) is 0 Å². The molecule has 1 unspecified atom stereocenters. The van der Waals surface area contributed by atoms with E-state index in [1.165, 1.54) is 12.1 Å².